The molecule has 2 aromatic carbocycles. The third kappa shape index (κ3) is 3.67. The quantitative estimate of drug-likeness (QED) is 0.683. The molecular formula is C18H18N4O2. The summed E-state index contributed by atoms with van der Waals surface area (Å²) in [5, 5.41) is 6.98. The molecule has 6 nitrogen and oxygen atoms in total. The van der Waals surface area contributed by atoms with Crippen LogP contribution in [0.25, 0.3) is 10.9 Å². The molecule has 1 amide bonds. The molecule has 0 unspecified atom stereocenters. The third-order valence-electron chi connectivity index (χ3n) is 3.52. The largest absolute Gasteiger partial charge is 0.383 e. The number of anilines is 2. The first-order chi connectivity index (χ1) is 11.8. The highest BCUT2D eigenvalue weighted by atomic mass is 16.5. The van der Waals surface area contributed by atoms with Crippen LogP contribution in [0.3, 0.4) is 0 Å². The number of ether oxygens (including phenoxy) is 1. The number of amides is 1. The Kier molecular flexibility index (Phi) is 4.98. The fraction of sp³-hybridized carbons (Fsp3) is 0.167. The van der Waals surface area contributed by atoms with Crippen LogP contribution in [-0.2, 0) is 4.74 Å². The minimum atomic E-state index is -0.136. The van der Waals surface area contributed by atoms with E-state index in [2.05, 4.69) is 20.6 Å². The van der Waals surface area contributed by atoms with E-state index >= 15 is 0 Å². The smallest absolute Gasteiger partial charge is 0.251 e. The van der Waals surface area contributed by atoms with Crippen LogP contribution in [0.5, 0.6) is 0 Å². The van der Waals surface area contributed by atoms with E-state index in [1.165, 1.54) is 6.33 Å². The molecule has 0 aliphatic rings. The summed E-state index contributed by atoms with van der Waals surface area (Å²) in [7, 11) is 1.60. The van der Waals surface area contributed by atoms with Crippen LogP contribution in [-0.4, -0.2) is 36.1 Å². The molecule has 0 spiro atoms. The highest BCUT2D eigenvalue weighted by Crippen LogP contribution is 2.23. The number of benzene rings is 2. The highest BCUT2D eigenvalue weighted by Gasteiger charge is 2.07. The summed E-state index contributed by atoms with van der Waals surface area (Å²) < 4.78 is 4.93. The monoisotopic (exact) mass is 322 g/mol. The lowest BCUT2D eigenvalue weighted by molar-refractivity contribution is 0.0937. The number of hydrogen-bond donors (Lipinski definition) is 2. The zero-order chi connectivity index (χ0) is 16.8. The summed E-state index contributed by atoms with van der Waals surface area (Å²) in [6, 6.07) is 15.0. The van der Waals surface area contributed by atoms with Gasteiger partial charge in [-0.05, 0) is 30.3 Å². The maximum atomic E-state index is 12.1. The zero-order valence-corrected chi connectivity index (χ0v) is 13.3. The Balaban J connectivity index is 1.80. The van der Waals surface area contributed by atoms with E-state index in [1.807, 2.05) is 36.4 Å². The van der Waals surface area contributed by atoms with Crippen molar-refractivity contribution in [2.24, 2.45) is 0 Å². The molecule has 1 aromatic heterocycles. The molecule has 0 fully saturated rings. The van der Waals surface area contributed by atoms with E-state index in [0.29, 0.717) is 24.5 Å². The second kappa shape index (κ2) is 7.52. The topological polar surface area (TPSA) is 76.1 Å². The zero-order valence-electron chi connectivity index (χ0n) is 13.3. The minimum absolute atomic E-state index is 0.136. The lowest BCUT2D eigenvalue weighted by Gasteiger charge is -2.10. The van der Waals surface area contributed by atoms with Crippen molar-refractivity contribution < 1.29 is 9.53 Å². The number of para-hydroxylation sites is 1. The third-order valence-corrected chi connectivity index (χ3v) is 3.52. The van der Waals surface area contributed by atoms with Gasteiger partial charge in [-0.1, -0.05) is 18.2 Å². The van der Waals surface area contributed by atoms with Gasteiger partial charge in [-0.25, -0.2) is 9.97 Å². The summed E-state index contributed by atoms with van der Waals surface area (Å²) in [6.07, 6.45) is 1.52. The van der Waals surface area contributed by atoms with Gasteiger partial charge in [0, 0.05) is 30.3 Å². The van der Waals surface area contributed by atoms with Gasteiger partial charge in [0.2, 0.25) is 0 Å². The molecule has 122 valence electrons. The Morgan fingerprint density at radius 2 is 2.00 bits per heavy atom. The summed E-state index contributed by atoms with van der Waals surface area (Å²) >= 11 is 0. The SMILES string of the molecule is COCCNC(=O)c1cccc(Nc2ncnc3ccccc23)c1. The van der Waals surface area contributed by atoms with Crippen molar-refractivity contribution in [1.82, 2.24) is 15.3 Å². The fourth-order valence-corrected chi connectivity index (χ4v) is 2.35. The first-order valence-corrected chi connectivity index (χ1v) is 7.62. The Labute approximate surface area is 139 Å². The molecule has 0 saturated heterocycles. The van der Waals surface area contributed by atoms with E-state index in [-0.39, 0.29) is 5.91 Å². The van der Waals surface area contributed by atoms with Gasteiger partial charge in [-0.2, -0.15) is 0 Å². The van der Waals surface area contributed by atoms with Crippen molar-refractivity contribution in [3.63, 3.8) is 0 Å². The molecular weight excluding hydrogens is 304 g/mol. The second-order valence-corrected chi connectivity index (χ2v) is 5.19. The normalized spacial score (nSPS) is 10.5. The number of carbonyl (C=O) groups is 1. The molecule has 3 rings (SSSR count). The Morgan fingerprint density at radius 1 is 1.12 bits per heavy atom. The standard InChI is InChI=1S/C18H18N4O2/c1-24-10-9-19-18(23)13-5-4-6-14(11-13)22-17-15-7-2-3-8-16(15)20-12-21-17/h2-8,11-12H,9-10H2,1H3,(H,19,23)(H,20,21,22). The van der Waals surface area contributed by atoms with E-state index < -0.39 is 0 Å². The van der Waals surface area contributed by atoms with Gasteiger partial charge in [0.25, 0.3) is 5.91 Å². The first kappa shape index (κ1) is 15.9. The Morgan fingerprint density at radius 3 is 2.88 bits per heavy atom. The minimum Gasteiger partial charge on any atom is -0.383 e. The van der Waals surface area contributed by atoms with Gasteiger partial charge >= 0.3 is 0 Å². The molecule has 3 aromatic rings. The maximum absolute atomic E-state index is 12.1. The van der Waals surface area contributed by atoms with Crippen LogP contribution < -0.4 is 10.6 Å². The summed E-state index contributed by atoms with van der Waals surface area (Å²) in [4.78, 5) is 20.7. The predicted octanol–water partition coefficient (Wildman–Crippen LogP) is 2.75. The van der Waals surface area contributed by atoms with Gasteiger partial charge in [0.1, 0.15) is 12.1 Å². The van der Waals surface area contributed by atoms with Gasteiger partial charge in [-0.15, -0.1) is 0 Å². The first-order valence-electron chi connectivity index (χ1n) is 7.62. The molecule has 0 aliphatic carbocycles. The van der Waals surface area contributed by atoms with Crippen molar-refractivity contribution in [3.05, 3.63) is 60.4 Å². The molecule has 0 saturated carbocycles. The number of aromatic nitrogens is 2. The molecule has 2 N–H and O–H groups in total. The average Bonchev–Trinajstić information content (AvgIpc) is 2.62. The number of methoxy groups -OCH3 is 1. The molecule has 6 heteroatoms. The number of nitrogens with one attached hydrogen (secondary N) is 2. The van der Waals surface area contributed by atoms with Crippen LogP contribution >= 0.6 is 0 Å². The maximum Gasteiger partial charge on any atom is 0.251 e. The van der Waals surface area contributed by atoms with Gasteiger partial charge in [0.15, 0.2) is 0 Å². The van der Waals surface area contributed by atoms with Crippen molar-refractivity contribution in [3.8, 4) is 0 Å². The lowest BCUT2D eigenvalue weighted by Crippen LogP contribution is -2.26. The van der Waals surface area contributed by atoms with Gasteiger partial charge < -0.3 is 15.4 Å². The Bertz CT molecular complexity index is 846. The molecule has 0 radical (unpaired) electrons. The van der Waals surface area contributed by atoms with E-state index in [4.69, 9.17) is 4.74 Å². The van der Waals surface area contributed by atoms with E-state index in [9.17, 15) is 4.79 Å². The van der Waals surface area contributed by atoms with Crippen molar-refractivity contribution in [2.45, 2.75) is 0 Å². The fourth-order valence-electron chi connectivity index (χ4n) is 2.35. The summed E-state index contributed by atoms with van der Waals surface area (Å²) in [6.45, 7) is 0.958. The van der Waals surface area contributed by atoms with Gasteiger partial charge in [-0.3, -0.25) is 4.79 Å². The number of carbonyl (C=O) groups excluding carboxylic acids is 1. The van der Waals surface area contributed by atoms with Crippen LogP contribution in [0.2, 0.25) is 0 Å². The highest BCUT2D eigenvalue weighted by molar-refractivity contribution is 5.96. The van der Waals surface area contributed by atoms with E-state index in [1.54, 1.807) is 19.2 Å². The number of rotatable bonds is 6. The number of hydrogen-bond acceptors (Lipinski definition) is 5. The number of fused-ring (bicyclic) bond motifs is 1. The molecule has 0 bridgehead atoms. The van der Waals surface area contributed by atoms with E-state index in [0.717, 1.165) is 16.6 Å². The molecule has 24 heavy (non-hydrogen) atoms. The summed E-state index contributed by atoms with van der Waals surface area (Å²) in [5.41, 5.74) is 2.23. The van der Waals surface area contributed by atoms with Crippen LogP contribution in [0, 0.1) is 0 Å². The van der Waals surface area contributed by atoms with Crippen LogP contribution in [0.15, 0.2) is 54.9 Å². The Hall–Kier alpha value is -2.99. The molecule has 0 atom stereocenters. The van der Waals surface area contributed by atoms with Crippen molar-refractivity contribution in [2.75, 3.05) is 25.6 Å². The van der Waals surface area contributed by atoms with Crippen molar-refractivity contribution >= 4 is 28.3 Å². The van der Waals surface area contributed by atoms with Crippen molar-refractivity contribution in [1.29, 1.82) is 0 Å². The number of nitrogens with zero attached hydrogens (tertiary/aromatic N) is 2. The average molecular weight is 322 g/mol. The lowest BCUT2D eigenvalue weighted by atomic mass is 10.1. The van der Waals surface area contributed by atoms with Crippen LogP contribution in [0.4, 0.5) is 11.5 Å². The second-order valence-electron chi connectivity index (χ2n) is 5.19. The predicted molar refractivity (Wildman–Crippen MR) is 93.5 cm³/mol. The summed E-state index contributed by atoms with van der Waals surface area (Å²) in [5.74, 6) is 0.570. The molecule has 1 heterocycles. The van der Waals surface area contributed by atoms with Crippen LogP contribution in [0.1, 0.15) is 10.4 Å². The molecule has 0 aliphatic heterocycles. The van der Waals surface area contributed by atoms with Gasteiger partial charge in [0.05, 0.1) is 12.1 Å².